The van der Waals surface area contributed by atoms with Crippen LogP contribution in [0.3, 0.4) is 0 Å². The lowest BCUT2D eigenvalue weighted by molar-refractivity contribution is -0.131. The molecule has 5 heterocycles. The third kappa shape index (κ3) is 5.33. The molecule has 4 N–H and O–H groups in total. The second-order valence-corrected chi connectivity index (χ2v) is 11.4. The average molecular weight is 572 g/mol. The number of carbonyl (C=O) groups is 2. The maximum atomic E-state index is 16.1. The molecule has 5 rings (SSSR count). The lowest BCUT2D eigenvalue weighted by Gasteiger charge is -2.56. The van der Waals surface area contributed by atoms with E-state index in [1.165, 1.54) is 6.08 Å². The van der Waals surface area contributed by atoms with Crippen LogP contribution in [0, 0.1) is 11.8 Å². The first-order valence-electron chi connectivity index (χ1n) is 14.4. The Kier molecular flexibility index (Phi) is 8.39. The van der Waals surface area contributed by atoms with Crippen molar-refractivity contribution in [2.24, 2.45) is 16.8 Å². The van der Waals surface area contributed by atoms with Gasteiger partial charge in [-0.25, -0.2) is 9.18 Å². The number of piperazine rings is 1. The molecule has 5 aliphatic heterocycles. The minimum atomic E-state index is -1.24. The van der Waals surface area contributed by atoms with Crippen LogP contribution in [-0.4, -0.2) is 95.3 Å². The molecule has 0 aromatic rings. The Hall–Kier alpha value is -3.42. The van der Waals surface area contributed by atoms with Gasteiger partial charge in [-0.2, -0.15) is 0 Å². The average Bonchev–Trinajstić information content (AvgIpc) is 3.42. The fourth-order valence-electron chi connectivity index (χ4n) is 6.56. The van der Waals surface area contributed by atoms with Gasteiger partial charge in [0.05, 0.1) is 24.6 Å². The van der Waals surface area contributed by atoms with E-state index in [2.05, 4.69) is 44.8 Å². The number of hydrazine groups is 2. The fraction of sp³-hybridized carbons (Fsp3) is 0.607. The first-order valence-corrected chi connectivity index (χ1v) is 14.4. The number of halogens is 1. The van der Waals surface area contributed by atoms with Crippen LogP contribution in [0.2, 0.25) is 0 Å². The van der Waals surface area contributed by atoms with Crippen LogP contribution < -0.4 is 21.6 Å². The molecule has 0 radical (unpaired) electrons. The lowest BCUT2D eigenvalue weighted by Crippen LogP contribution is -2.77. The largest absolute Gasteiger partial charge is 0.491 e. The van der Waals surface area contributed by atoms with E-state index in [0.717, 1.165) is 5.70 Å². The summed E-state index contributed by atoms with van der Waals surface area (Å²) in [6.45, 7) is 17.2. The number of aliphatic imine (C=N–C) groups is 1. The number of amides is 3. The summed E-state index contributed by atoms with van der Waals surface area (Å²) in [6.07, 6.45) is 2.73. The number of rotatable bonds is 4. The monoisotopic (exact) mass is 571 g/mol. The predicted molar refractivity (Wildman–Crippen MR) is 153 cm³/mol. The summed E-state index contributed by atoms with van der Waals surface area (Å²) in [4.78, 5) is 36.4. The number of ether oxygens (including phenoxy) is 1. The number of hydrogen-bond donors (Lipinski definition) is 4. The number of allylic oxidation sites excluding steroid dienone is 2. The van der Waals surface area contributed by atoms with Crippen molar-refractivity contribution in [3.63, 3.8) is 0 Å². The molecule has 0 aromatic carbocycles. The molecule has 41 heavy (non-hydrogen) atoms. The van der Waals surface area contributed by atoms with Gasteiger partial charge in [-0.05, 0) is 45.1 Å². The second-order valence-electron chi connectivity index (χ2n) is 11.4. The highest BCUT2D eigenvalue weighted by Gasteiger charge is 2.54. The summed E-state index contributed by atoms with van der Waals surface area (Å²) < 4.78 is 22.4. The van der Waals surface area contributed by atoms with Gasteiger partial charge in [0.2, 0.25) is 5.91 Å². The van der Waals surface area contributed by atoms with Crippen LogP contribution >= 0.6 is 0 Å². The number of piperidine rings is 1. The van der Waals surface area contributed by atoms with Crippen LogP contribution in [0.5, 0.6) is 0 Å². The SMILES string of the molecule is C=CC(=O)N1CCN(C2NC(=O)N3C(=C(N=C)C(C)C)/C(=C\C)OCCC4=CN(NN4)C4NC3C2CC4F)[C@@H](C)C1. The number of hydrogen-bond acceptors (Lipinski definition) is 9. The van der Waals surface area contributed by atoms with Crippen LogP contribution in [0.4, 0.5) is 9.18 Å². The van der Waals surface area contributed by atoms with Crippen LogP contribution in [-0.2, 0) is 9.53 Å². The summed E-state index contributed by atoms with van der Waals surface area (Å²) in [5.74, 6) is -0.00116. The number of alkyl halides is 1. The molecular weight excluding hydrogens is 529 g/mol. The van der Waals surface area contributed by atoms with Crippen molar-refractivity contribution in [3.8, 4) is 0 Å². The van der Waals surface area contributed by atoms with E-state index in [1.54, 1.807) is 14.8 Å². The lowest BCUT2D eigenvalue weighted by atomic mass is 9.85. The predicted octanol–water partition coefficient (Wildman–Crippen LogP) is 1.71. The molecule has 13 heteroatoms. The van der Waals surface area contributed by atoms with E-state index in [-0.39, 0.29) is 36.2 Å². The van der Waals surface area contributed by atoms with E-state index in [4.69, 9.17) is 4.74 Å². The van der Waals surface area contributed by atoms with Crippen molar-refractivity contribution < 1.29 is 18.7 Å². The Morgan fingerprint density at radius 2 is 2.05 bits per heavy atom. The summed E-state index contributed by atoms with van der Waals surface area (Å²) in [6, 6.07) is -0.399. The molecule has 4 bridgehead atoms. The normalized spacial score (nSPS) is 34.6. The molecule has 3 amide bonds. The van der Waals surface area contributed by atoms with E-state index in [1.807, 2.05) is 40.0 Å². The van der Waals surface area contributed by atoms with Crippen molar-refractivity contribution in [3.05, 3.63) is 47.8 Å². The topological polar surface area (TPSA) is 117 Å². The van der Waals surface area contributed by atoms with Gasteiger partial charge in [0.1, 0.15) is 23.8 Å². The minimum absolute atomic E-state index is 0.0623. The van der Waals surface area contributed by atoms with Crippen LogP contribution in [0.25, 0.3) is 0 Å². The Labute approximate surface area is 240 Å². The number of nitrogens with one attached hydrogen (secondary N) is 4. The first kappa shape index (κ1) is 29.1. The third-order valence-corrected chi connectivity index (χ3v) is 8.55. The molecule has 0 aromatic heterocycles. The van der Waals surface area contributed by atoms with Crippen molar-refractivity contribution in [1.82, 2.24) is 41.3 Å². The molecule has 0 saturated carbocycles. The Morgan fingerprint density at radius 1 is 1.27 bits per heavy atom. The molecule has 0 spiro atoms. The first-order chi connectivity index (χ1) is 19.7. The summed E-state index contributed by atoms with van der Waals surface area (Å²) in [5, 5.41) is 8.38. The van der Waals surface area contributed by atoms with Gasteiger partial charge in [0.25, 0.3) is 0 Å². The number of carbonyl (C=O) groups excluding carboxylic acids is 2. The van der Waals surface area contributed by atoms with Crippen molar-refractivity contribution in [1.29, 1.82) is 0 Å². The maximum Gasteiger partial charge on any atom is 0.324 e. The van der Waals surface area contributed by atoms with Gasteiger partial charge in [-0.15, -0.1) is 5.53 Å². The highest BCUT2D eigenvalue weighted by molar-refractivity contribution is 5.87. The summed E-state index contributed by atoms with van der Waals surface area (Å²) in [5.41, 5.74) is 8.17. The molecule has 5 unspecified atom stereocenters. The zero-order valence-corrected chi connectivity index (χ0v) is 24.3. The van der Waals surface area contributed by atoms with Crippen molar-refractivity contribution >= 4 is 18.7 Å². The van der Waals surface area contributed by atoms with E-state index in [0.29, 0.717) is 49.8 Å². The standard InChI is InChI=1S/C28H42FN9O3/c1-7-21-24(23(30-6)16(3)4)38-26-19(13-20(29)27(31-26)37-15-18(33-34-37)9-12-41-21)25(32-28(38)40)36-11-10-35(14-17(36)5)22(39)8-2/h7-8,15-17,19-20,25-27,31,33-34H,2,6,9-14H2,1,3-5H3,(H,32,40)/b21-7+,24-23?/t17-,19?,20?,25?,26?,27?/m0/s1. The summed E-state index contributed by atoms with van der Waals surface area (Å²) >= 11 is 0. The molecule has 3 saturated heterocycles. The highest BCUT2D eigenvalue weighted by Crippen LogP contribution is 2.39. The summed E-state index contributed by atoms with van der Waals surface area (Å²) in [7, 11) is 0. The number of nitrogens with zero attached hydrogens (tertiary/aromatic N) is 5. The van der Waals surface area contributed by atoms with Crippen molar-refractivity contribution in [2.45, 2.75) is 71.2 Å². The molecule has 224 valence electrons. The molecule has 5 aliphatic rings. The molecule has 6 atom stereocenters. The Bertz CT molecular complexity index is 1170. The van der Waals surface area contributed by atoms with Gasteiger partial charge >= 0.3 is 6.03 Å². The van der Waals surface area contributed by atoms with Crippen LogP contribution in [0.1, 0.15) is 40.5 Å². The zero-order chi connectivity index (χ0) is 29.4. The van der Waals surface area contributed by atoms with E-state index < -0.39 is 24.7 Å². The van der Waals surface area contributed by atoms with Crippen LogP contribution in [0.15, 0.2) is 52.8 Å². The van der Waals surface area contributed by atoms with Crippen molar-refractivity contribution in [2.75, 3.05) is 26.2 Å². The minimum Gasteiger partial charge on any atom is -0.491 e. The number of urea groups is 1. The Morgan fingerprint density at radius 3 is 2.71 bits per heavy atom. The second kappa shape index (κ2) is 11.8. The highest BCUT2D eigenvalue weighted by atomic mass is 19.1. The molecule has 3 fully saturated rings. The van der Waals surface area contributed by atoms with Gasteiger partial charge in [0, 0.05) is 49.9 Å². The molecule has 0 aliphatic carbocycles. The molecule has 12 nitrogen and oxygen atoms in total. The van der Waals surface area contributed by atoms with E-state index in [9.17, 15) is 9.59 Å². The molecular formula is C28H42FN9O3. The Balaban J connectivity index is 1.58. The third-order valence-electron chi connectivity index (χ3n) is 8.55. The van der Waals surface area contributed by atoms with Gasteiger partial charge in [-0.1, -0.05) is 20.4 Å². The smallest absolute Gasteiger partial charge is 0.324 e. The van der Waals surface area contributed by atoms with Gasteiger partial charge < -0.3 is 20.4 Å². The quantitative estimate of drug-likeness (QED) is 0.298. The number of fused-ring (bicyclic) bond motifs is 3. The van der Waals surface area contributed by atoms with Gasteiger partial charge in [-0.3, -0.25) is 29.9 Å². The van der Waals surface area contributed by atoms with E-state index >= 15 is 4.39 Å². The zero-order valence-electron chi connectivity index (χ0n) is 24.3. The van der Waals surface area contributed by atoms with Gasteiger partial charge in [0.15, 0.2) is 0 Å². The fourth-order valence-corrected chi connectivity index (χ4v) is 6.56. The maximum absolute atomic E-state index is 16.1.